The number of fused-ring (bicyclic) bond motifs is 1. The van der Waals surface area contributed by atoms with Crippen LogP contribution >= 0.6 is 0 Å². The molecule has 2 aromatic heterocycles. The van der Waals surface area contributed by atoms with Gasteiger partial charge in [0, 0.05) is 12.4 Å². The van der Waals surface area contributed by atoms with E-state index in [1.165, 1.54) is 17.0 Å². The second-order valence-electron chi connectivity index (χ2n) is 4.96. The van der Waals surface area contributed by atoms with Gasteiger partial charge in [0.05, 0.1) is 6.61 Å². The molecule has 120 valence electrons. The molecule has 0 saturated carbocycles. The number of nitrogen functional groups attached to an aromatic ring is 1. The lowest BCUT2D eigenvalue weighted by Gasteiger charge is -2.18. The molecule has 0 amide bonds. The Morgan fingerprint density at radius 1 is 1.32 bits per heavy atom. The van der Waals surface area contributed by atoms with Crippen molar-refractivity contribution in [3.8, 4) is 0 Å². The van der Waals surface area contributed by atoms with Gasteiger partial charge >= 0.3 is 5.69 Å². The summed E-state index contributed by atoms with van der Waals surface area (Å²) in [6, 6.07) is 0. The van der Waals surface area contributed by atoms with Crippen molar-refractivity contribution in [1.82, 2.24) is 18.9 Å². The molecule has 11 nitrogen and oxygen atoms in total. The summed E-state index contributed by atoms with van der Waals surface area (Å²) in [5, 5.41) is 38.6. The number of hydrogen-bond donors (Lipinski definition) is 5. The van der Waals surface area contributed by atoms with Crippen molar-refractivity contribution in [2.75, 3.05) is 12.3 Å². The summed E-state index contributed by atoms with van der Waals surface area (Å²) in [5.74, 6) is -0.183. The van der Waals surface area contributed by atoms with E-state index < -0.39 is 42.9 Å². The van der Waals surface area contributed by atoms with Gasteiger partial charge in [-0.05, 0) is 0 Å². The van der Waals surface area contributed by atoms with E-state index in [0.29, 0.717) is 0 Å². The summed E-state index contributed by atoms with van der Waals surface area (Å²) in [6.45, 7) is -0.637. The monoisotopic (exact) mass is 313 g/mol. The molecule has 1 aliphatic rings. The lowest BCUT2D eigenvalue weighted by molar-refractivity contribution is -0.0962. The standard InChI is InChI=1S/C11H15N5O6/c12-9-13-10-15(1-2-16(10)11(21)14-9)8-6(20)5(19)7(22-8)4(18)3-17/h1-2,4-8,17-20H,3H2,(H2,12,14,21)/t4-,5+,6-,7-,8-/m1/s1. The molecule has 3 heterocycles. The van der Waals surface area contributed by atoms with Crippen molar-refractivity contribution < 1.29 is 25.2 Å². The van der Waals surface area contributed by atoms with Crippen molar-refractivity contribution in [3.63, 3.8) is 0 Å². The Hall–Kier alpha value is -2.05. The van der Waals surface area contributed by atoms with Crippen LogP contribution in [0.4, 0.5) is 5.95 Å². The van der Waals surface area contributed by atoms with Crippen LogP contribution < -0.4 is 11.4 Å². The van der Waals surface area contributed by atoms with Crippen molar-refractivity contribution in [2.24, 2.45) is 0 Å². The summed E-state index contributed by atoms with van der Waals surface area (Å²) in [6.07, 6.45) is -3.71. The normalized spacial score (nSPS) is 30.0. The highest BCUT2D eigenvalue weighted by Gasteiger charge is 2.47. The van der Waals surface area contributed by atoms with Gasteiger partial charge in [-0.3, -0.25) is 4.57 Å². The zero-order chi connectivity index (χ0) is 16.0. The maximum atomic E-state index is 11.7. The molecular formula is C11H15N5O6. The molecule has 3 rings (SSSR count). The highest BCUT2D eigenvalue weighted by atomic mass is 16.6. The van der Waals surface area contributed by atoms with Crippen molar-refractivity contribution in [3.05, 3.63) is 22.9 Å². The van der Waals surface area contributed by atoms with E-state index in [0.717, 1.165) is 4.40 Å². The van der Waals surface area contributed by atoms with E-state index in [2.05, 4.69) is 9.97 Å². The van der Waals surface area contributed by atoms with Crippen molar-refractivity contribution >= 4 is 11.7 Å². The summed E-state index contributed by atoms with van der Waals surface area (Å²) in [5.41, 5.74) is 4.78. The van der Waals surface area contributed by atoms with Crippen LogP contribution in [0.3, 0.4) is 0 Å². The maximum absolute atomic E-state index is 11.7. The maximum Gasteiger partial charge on any atom is 0.357 e. The van der Waals surface area contributed by atoms with Crippen molar-refractivity contribution in [1.29, 1.82) is 0 Å². The van der Waals surface area contributed by atoms with E-state index in [1.807, 2.05) is 0 Å². The van der Waals surface area contributed by atoms with Crippen LogP contribution in [-0.4, -0.2) is 70.4 Å². The molecule has 1 fully saturated rings. The third-order valence-corrected chi connectivity index (χ3v) is 3.57. The van der Waals surface area contributed by atoms with Gasteiger partial charge in [-0.25, -0.2) is 9.20 Å². The van der Waals surface area contributed by atoms with Gasteiger partial charge in [0.2, 0.25) is 11.7 Å². The highest BCUT2D eigenvalue weighted by Crippen LogP contribution is 2.31. The van der Waals surface area contributed by atoms with Gasteiger partial charge in [-0.15, -0.1) is 0 Å². The Kier molecular flexibility index (Phi) is 3.58. The first-order chi connectivity index (χ1) is 10.4. The van der Waals surface area contributed by atoms with Crippen LogP contribution in [0.25, 0.3) is 5.78 Å². The number of imidazole rings is 1. The zero-order valence-corrected chi connectivity index (χ0v) is 11.2. The quantitative estimate of drug-likeness (QED) is 0.385. The largest absolute Gasteiger partial charge is 0.394 e. The van der Waals surface area contributed by atoms with Crippen LogP contribution in [0, 0.1) is 0 Å². The van der Waals surface area contributed by atoms with Crippen LogP contribution in [0.1, 0.15) is 6.23 Å². The summed E-state index contributed by atoms with van der Waals surface area (Å²) < 4.78 is 7.79. The van der Waals surface area contributed by atoms with Crippen molar-refractivity contribution in [2.45, 2.75) is 30.6 Å². The van der Waals surface area contributed by atoms with E-state index in [4.69, 9.17) is 15.6 Å². The summed E-state index contributed by atoms with van der Waals surface area (Å²) in [7, 11) is 0. The minimum Gasteiger partial charge on any atom is -0.394 e. The lowest BCUT2D eigenvalue weighted by Crippen LogP contribution is -2.40. The molecule has 0 bridgehead atoms. The molecule has 1 aliphatic heterocycles. The minimum atomic E-state index is -1.42. The molecule has 5 atom stereocenters. The second kappa shape index (κ2) is 5.30. The fraction of sp³-hybridized carbons (Fsp3) is 0.545. The van der Waals surface area contributed by atoms with Crippen LogP contribution in [0.5, 0.6) is 0 Å². The van der Waals surface area contributed by atoms with E-state index >= 15 is 0 Å². The smallest absolute Gasteiger partial charge is 0.357 e. The number of nitrogens with two attached hydrogens (primary N) is 1. The minimum absolute atomic E-state index is 0.0629. The molecule has 0 unspecified atom stereocenters. The van der Waals surface area contributed by atoms with Crippen LogP contribution in [0.2, 0.25) is 0 Å². The number of aliphatic hydroxyl groups is 4. The lowest BCUT2D eigenvalue weighted by atomic mass is 10.1. The first kappa shape index (κ1) is 14.9. The number of aromatic nitrogens is 4. The predicted molar refractivity (Wildman–Crippen MR) is 70.7 cm³/mol. The highest BCUT2D eigenvalue weighted by molar-refractivity contribution is 5.35. The van der Waals surface area contributed by atoms with E-state index in [9.17, 15) is 20.1 Å². The third kappa shape index (κ3) is 2.15. The Labute approximate surface area is 122 Å². The number of anilines is 1. The number of nitrogens with zero attached hydrogens (tertiary/aromatic N) is 4. The first-order valence-corrected chi connectivity index (χ1v) is 6.47. The fourth-order valence-electron chi connectivity index (χ4n) is 2.47. The van der Waals surface area contributed by atoms with Crippen LogP contribution in [0.15, 0.2) is 17.2 Å². The molecule has 1 saturated heterocycles. The predicted octanol–water partition coefficient (Wildman–Crippen LogP) is -3.55. The molecule has 11 heteroatoms. The molecule has 0 aliphatic carbocycles. The van der Waals surface area contributed by atoms with Gasteiger partial charge in [0.25, 0.3) is 0 Å². The summed E-state index contributed by atoms with van der Waals surface area (Å²) in [4.78, 5) is 19.1. The SMILES string of the molecule is Nc1nc(=O)n2ccn([C@@H]3O[C@H]([C@H](O)CO)[C@@H](O)[C@H]3O)c2n1. The molecule has 2 aromatic rings. The average molecular weight is 313 g/mol. The Bertz CT molecular complexity index is 744. The van der Waals surface area contributed by atoms with Gasteiger partial charge in [-0.2, -0.15) is 9.97 Å². The molecule has 0 aromatic carbocycles. The third-order valence-electron chi connectivity index (χ3n) is 3.57. The number of hydrogen-bond acceptors (Lipinski definition) is 9. The number of aliphatic hydroxyl groups excluding tert-OH is 4. The van der Waals surface area contributed by atoms with Gasteiger partial charge < -0.3 is 30.9 Å². The molecule has 0 spiro atoms. The molecule has 22 heavy (non-hydrogen) atoms. The Morgan fingerprint density at radius 3 is 2.73 bits per heavy atom. The molecule has 6 N–H and O–H groups in total. The van der Waals surface area contributed by atoms with E-state index in [1.54, 1.807) is 0 Å². The van der Waals surface area contributed by atoms with Gasteiger partial charge in [0.1, 0.15) is 24.4 Å². The summed E-state index contributed by atoms with van der Waals surface area (Å²) >= 11 is 0. The Morgan fingerprint density at radius 2 is 2.05 bits per heavy atom. The first-order valence-electron chi connectivity index (χ1n) is 6.47. The van der Waals surface area contributed by atoms with Gasteiger partial charge in [0.15, 0.2) is 6.23 Å². The topological polar surface area (TPSA) is 168 Å². The molecule has 0 radical (unpaired) electrons. The Balaban J connectivity index is 2.03. The fourth-order valence-corrected chi connectivity index (χ4v) is 2.47. The van der Waals surface area contributed by atoms with E-state index in [-0.39, 0.29) is 11.7 Å². The zero-order valence-electron chi connectivity index (χ0n) is 11.2. The van der Waals surface area contributed by atoms with Crippen LogP contribution in [-0.2, 0) is 4.74 Å². The average Bonchev–Trinajstić information content (AvgIpc) is 3.01. The molecular weight excluding hydrogens is 298 g/mol. The number of ether oxygens (including phenoxy) is 1. The van der Waals surface area contributed by atoms with Gasteiger partial charge in [-0.1, -0.05) is 0 Å². The number of rotatable bonds is 3. The second-order valence-corrected chi connectivity index (χ2v) is 4.96.